The average molecular weight is 787 g/mol. The minimum Gasteiger partial charge on any atom is -0.480 e. The lowest BCUT2D eigenvalue weighted by Crippen LogP contribution is -2.36. The Labute approximate surface area is 298 Å². The molecular formula is C23H50N10O20. The fourth-order valence-electron chi connectivity index (χ4n) is 1.05. The van der Waals surface area contributed by atoms with Gasteiger partial charge in [0.05, 0.1) is 45.7 Å². The van der Waals surface area contributed by atoms with Crippen LogP contribution in [0.15, 0.2) is 0 Å². The molecule has 5 atom stereocenters. The van der Waals surface area contributed by atoms with Crippen molar-refractivity contribution in [1.29, 1.82) is 0 Å². The fraction of sp³-hybridized carbons (Fsp3) is 0.565. The van der Waals surface area contributed by atoms with Crippen LogP contribution in [0.3, 0.4) is 0 Å². The molecule has 4 amide bonds. The number of nitrogens with two attached hydrogens (primary N) is 10. The Hall–Kier alpha value is -5.70. The second kappa shape index (κ2) is 40.7. The first-order valence-corrected chi connectivity index (χ1v) is 13.4. The van der Waals surface area contributed by atoms with Gasteiger partial charge in [-0.2, -0.15) is 0 Å². The van der Waals surface area contributed by atoms with Gasteiger partial charge in [-0.3, -0.25) is 47.9 Å². The average Bonchev–Trinajstić information content (AvgIpc) is 3.06. The summed E-state index contributed by atoms with van der Waals surface area (Å²) in [4.78, 5) is 98.1. The molecule has 53 heavy (non-hydrogen) atoms. The first-order chi connectivity index (χ1) is 24.0. The number of carboxylic acid groups (broad SMARTS) is 5. The summed E-state index contributed by atoms with van der Waals surface area (Å²) in [6.45, 7) is -2.18. The Morgan fingerprint density at radius 2 is 0.736 bits per heavy atom. The lowest BCUT2D eigenvalue weighted by Gasteiger charge is -2.05. The van der Waals surface area contributed by atoms with Gasteiger partial charge in [-0.15, -0.1) is 0 Å². The van der Waals surface area contributed by atoms with Crippen LogP contribution in [0.5, 0.6) is 0 Å². The Morgan fingerprint density at radius 3 is 0.830 bits per heavy atom. The summed E-state index contributed by atoms with van der Waals surface area (Å²) >= 11 is 0. The number of aliphatic carboxylic acids is 5. The van der Waals surface area contributed by atoms with Crippen molar-refractivity contribution in [1.82, 2.24) is 0 Å². The Kier molecular flexibility index (Phi) is 48.0. The van der Waals surface area contributed by atoms with E-state index in [2.05, 4.69) is 39.1 Å². The molecule has 0 saturated carbocycles. The number of hydrogen-bond donors (Lipinski definition) is 19. The number of esters is 1. The maximum Gasteiger partial charge on any atom is 0.324 e. The van der Waals surface area contributed by atoms with Gasteiger partial charge in [0, 0.05) is 0 Å². The summed E-state index contributed by atoms with van der Waals surface area (Å²) in [5, 5.41) is 72.3. The number of carboxylic acids is 5. The van der Waals surface area contributed by atoms with E-state index in [0.29, 0.717) is 0 Å². The molecule has 312 valence electrons. The van der Waals surface area contributed by atoms with Crippen molar-refractivity contribution in [2.75, 3.05) is 39.5 Å². The molecule has 30 nitrogen and oxygen atoms in total. The molecule has 0 saturated heterocycles. The fourth-order valence-corrected chi connectivity index (χ4v) is 1.05. The molecule has 0 aromatic carbocycles. The van der Waals surface area contributed by atoms with E-state index in [1.165, 1.54) is 0 Å². The van der Waals surface area contributed by atoms with E-state index in [9.17, 15) is 47.9 Å². The van der Waals surface area contributed by atoms with E-state index in [1.807, 2.05) is 0 Å². The molecule has 0 spiro atoms. The van der Waals surface area contributed by atoms with Crippen molar-refractivity contribution in [3.8, 4) is 0 Å². The molecule has 0 heterocycles. The molecule has 0 aliphatic heterocycles. The summed E-state index contributed by atoms with van der Waals surface area (Å²) < 4.78 is 4.34. The van der Waals surface area contributed by atoms with E-state index in [4.69, 9.17) is 68.9 Å². The summed E-state index contributed by atoms with van der Waals surface area (Å²) in [5.41, 5.74) is 47.0. The molecule has 0 aliphatic carbocycles. The smallest absolute Gasteiger partial charge is 0.324 e. The second-order valence-electron chi connectivity index (χ2n) is 8.46. The monoisotopic (exact) mass is 786 g/mol. The summed E-state index contributed by atoms with van der Waals surface area (Å²) in [6.07, 6.45) is -3.70. The predicted molar refractivity (Wildman–Crippen MR) is 172 cm³/mol. The number of aliphatic hydroxyl groups excluding tert-OH is 4. The number of amides is 4. The number of carbonyl (C=O) groups excluding carboxylic acids is 5. The van der Waals surface area contributed by atoms with Crippen LogP contribution in [0, 0.1) is 0 Å². The molecule has 0 aromatic heterocycles. The zero-order valence-corrected chi connectivity index (χ0v) is 27.8. The van der Waals surface area contributed by atoms with Crippen LogP contribution in [0.4, 0.5) is 0 Å². The van der Waals surface area contributed by atoms with E-state index >= 15 is 0 Å². The number of aliphatic hydroxyl groups is 4. The molecule has 0 rings (SSSR count). The largest absolute Gasteiger partial charge is 0.480 e. The summed E-state index contributed by atoms with van der Waals surface area (Å²) in [6, 6.07) is -3.43. The number of ether oxygens (including phenoxy) is 1. The zero-order chi connectivity index (χ0) is 44.0. The van der Waals surface area contributed by atoms with Crippen LogP contribution >= 0.6 is 0 Å². The number of primary amides is 4. The Balaban J connectivity index is -0.0000000947. The first-order valence-electron chi connectivity index (χ1n) is 13.4. The second-order valence-corrected chi connectivity index (χ2v) is 8.46. The van der Waals surface area contributed by atoms with Crippen LogP contribution in [0.25, 0.3) is 0 Å². The van der Waals surface area contributed by atoms with Crippen molar-refractivity contribution in [3.63, 3.8) is 0 Å². The van der Waals surface area contributed by atoms with Gasteiger partial charge in [0.1, 0.15) is 36.9 Å². The molecule has 0 fully saturated rings. The van der Waals surface area contributed by atoms with Gasteiger partial charge in [-0.05, 0) is 0 Å². The number of carbonyl (C=O) groups is 10. The van der Waals surface area contributed by atoms with Crippen LogP contribution in [-0.2, 0) is 52.7 Å². The van der Waals surface area contributed by atoms with Crippen LogP contribution < -0.4 is 57.3 Å². The van der Waals surface area contributed by atoms with Crippen LogP contribution in [0.1, 0.15) is 12.8 Å². The molecule has 29 N–H and O–H groups in total. The third-order valence-electron chi connectivity index (χ3n) is 3.73. The van der Waals surface area contributed by atoms with Crippen LogP contribution in [-0.4, -0.2) is 175 Å². The van der Waals surface area contributed by atoms with Gasteiger partial charge in [-0.1, -0.05) is 0 Å². The molecule has 0 aliphatic rings. The van der Waals surface area contributed by atoms with Crippen molar-refractivity contribution < 1.29 is 98.6 Å². The molecule has 0 aromatic rings. The zero-order valence-electron chi connectivity index (χ0n) is 27.8. The van der Waals surface area contributed by atoms with E-state index in [-0.39, 0.29) is 26.2 Å². The minimum atomic E-state index is -1.44. The topological polar surface area (TPSA) is 622 Å². The highest BCUT2D eigenvalue weighted by Gasteiger charge is 2.14. The molecular weight excluding hydrogens is 736 g/mol. The van der Waals surface area contributed by atoms with E-state index < -0.39 is 116 Å². The normalized spacial score (nSPS) is 11.7. The first kappa shape index (κ1) is 62.4. The quantitative estimate of drug-likeness (QED) is 0.0646. The minimum absolute atomic E-state index is 0.271. The highest BCUT2D eigenvalue weighted by Crippen LogP contribution is 1.87. The van der Waals surface area contributed by atoms with Crippen LogP contribution in [0.2, 0.25) is 0 Å². The number of rotatable bonds is 16. The standard InChI is InChI=1S/C5H10N2O4.2C4H8N2O3.2C3H7NO3.2C2H5NO2/c6-1-4(8)11-2-3(7)5(9)10;2*5-3(8)1-2(7)4(6)9;2*4-2(1-5)3(6)7;2*3-1-2(4)5/h3H,1-2,6-7H2,(H,9,10);2*2,7H,1H2,(H2,5,8)(H2,6,9);2*2,5H,1,4H2,(H,6,7);2*1,3H2,(H,4,5)/t3-;;;2*2-;;/m0..00../s1. The Bertz CT molecular complexity index is 1050. The van der Waals surface area contributed by atoms with Gasteiger partial charge >= 0.3 is 35.8 Å². The molecule has 0 radical (unpaired) electrons. The maximum atomic E-state index is 10.3. The summed E-state index contributed by atoms with van der Waals surface area (Å²) in [7, 11) is 0. The SMILES string of the molecule is NC(=O)CC(O)C(N)=O.NC(=O)CC(O)C(N)=O.NCC(=O)O.NCC(=O)O.NCC(=O)OC[C@H](N)C(=O)O.N[C@@H](CO)C(=O)O.N[C@@H](CO)C(=O)O. The maximum absolute atomic E-state index is 10.3. The predicted octanol–water partition coefficient (Wildman–Crippen LogP) is -11.8. The van der Waals surface area contributed by atoms with Crippen molar-refractivity contribution in [2.24, 2.45) is 57.3 Å². The van der Waals surface area contributed by atoms with Crippen molar-refractivity contribution in [3.05, 3.63) is 0 Å². The third-order valence-corrected chi connectivity index (χ3v) is 3.73. The third kappa shape index (κ3) is 65.3. The lowest BCUT2D eigenvalue weighted by molar-refractivity contribution is -0.147. The van der Waals surface area contributed by atoms with Crippen molar-refractivity contribution in [2.45, 2.75) is 43.2 Å². The molecule has 0 bridgehead atoms. The highest BCUT2D eigenvalue weighted by atomic mass is 16.5. The van der Waals surface area contributed by atoms with E-state index in [0.717, 1.165) is 0 Å². The van der Waals surface area contributed by atoms with Gasteiger partial charge in [0.25, 0.3) is 0 Å². The highest BCUT2D eigenvalue weighted by molar-refractivity contribution is 5.86. The lowest BCUT2D eigenvalue weighted by atomic mass is 10.2. The molecule has 30 heteroatoms. The van der Waals surface area contributed by atoms with Gasteiger partial charge in [0.2, 0.25) is 23.6 Å². The van der Waals surface area contributed by atoms with Gasteiger partial charge in [-0.25, -0.2) is 0 Å². The van der Waals surface area contributed by atoms with Gasteiger partial charge in [0.15, 0.2) is 0 Å². The van der Waals surface area contributed by atoms with Crippen molar-refractivity contribution >= 4 is 59.4 Å². The Morgan fingerprint density at radius 1 is 0.491 bits per heavy atom. The number of hydrogen-bond acceptors (Lipinski definition) is 21. The van der Waals surface area contributed by atoms with Gasteiger partial charge < -0.3 is 108 Å². The molecule has 2 unspecified atom stereocenters. The van der Waals surface area contributed by atoms with E-state index in [1.54, 1.807) is 0 Å². The summed E-state index contributed by atoms with van der Waals surface area (Å²) in [5.74, 6) is -9.54.